The van der Waals surface area contributed by atoms with E-state index in [0.717, 1.165) is 31.0 Å². The first-order valence-corrected chi connectivity index (χ1v) is 7.76. The van der Waals surface area contributed by atoms with Gasteiger partial charge < -0.3 is 10.1 Å². The molecule has 0 aromatic carbocycles. The maximum absolute atomic E-state index is 5.58. The number of hydrogen-bond donors (Lipinski definition) is 1. The molecule has 2 rings (SSSR count). The van der Waals surface area contributed by atoms with Crippen LogP contribution < -0.4 is 5.32 Å². The molecule has 3 nitrogen and oxygen atoms in total. The molecule has 2 heterocycles. The summed E-state index contributed by atoms with van der Waals surface area (Å²) < 4.78 is 5.58. The summed E-state index contributed by atoms with van der Waals surface area (Å²) in [6.07, 6.45) is 4.59. The molecule has 18 heavy (non-hydrogen) atoms. The van der Waals surface area contributed by atoms with Crippen molar-refractivity contribution in [2.24, 2.45) is 0 Å². The van der Waals surface area contributed by atoms with Crippen LogP contribution in [0.4, 0.5) is 5.69 Å². The van der Waals surface area contributed by atoms with E-state index in [2.05, 4.69) is 30.2 Å². The summed E-state index contributed by atoms with van der Waals surface area (Å²) in [5, 5.41) is 4.02. The van der Waals surface area contributed by atoms with Crippen LogP contribution in [0.15, 0.2) is 18.3 Å². The normalized spacial score (nSPS) is 23.2. The minimum absolute atomic E-state index is 0.386. The van der Waals surface area contributed by atoms with E-state index in [9.17, 15) is 0 Å². The van der Waals surface area contributed by atoms with E-state index < -0.39 is 0 Å². The Morgan fingerprint density at radius 1 is 1.56 bits per heavy atom. The molecule has 0 amide bonds. The largest absolute Gasteiger partial charge is 0.385 e. The Bertz CT molecular complexity index is 373. The molecule has 2 atom stereocenters. The second-order valence-corrected chi connectivity index (χ2v) is 5.90. The predicted molar refractivity (Wildman–Crippen MR) is 78.1 cm³/mol. The second kappa shape index (κ2) is 7.00. The summed E-state index contributed by atoms with van der Waals surface area (Å²) in [6, 6.07) is 4.19. The van der Waals surface area contributed by atoms with Gasteiger partial charge in [0.05, 0.1) is 11.8 Å². The van der Waals surface area contributed by atoms with Gasteiger partial charge in [0.15, 0.2) is 0 Å². The standard InChI is InChI=1S/C14H22N2OS/c1-3-6-15-12-4-7-16-13(9-12)10-18-14-5-8-17-11(14)2/h4,7,9,11,14H,3,5-6,8,10H2,1-2H3,(H,15,16). The molecule has 0 aliphatic carbocycles. The summed E-state index contributed by atoms with van der Waals surface area (Å²) in [5.74, 6) is 0.972. The van der Waals surface area contributed by atoms with Gasteiger partial charge >= 0.3 is 0 Å². The van der Waals surface area contributed by atoms with Gasteiger partial charge in [-0.1, -0.05) is 6.92 Å². The molecular weight excluding hydrogens is 244 g/mol. The van der Waals surface area contributed by atoms with Crippen LogP contribution in [0.1, 0.15) is 32.4 Å². The molecule has 0 radical (unpaired) electrons. The number of pyridine rings is 1. The third kappa shape index (κ3) is 3.89. The first kappa shape index (κ1) is 13.7. The van der Waals surface area contributed by atoms with Gasteiger partial charge in [0.2, 0.25) is 0 Å². The van der Waals surface area contributed by atoms with Gasteiger partial charge in [-0.3, -0.25) is 4.98 Å². The number of aromatic nitrogens is 1. The fourth-order valence-corrected chi connectivity index (χ4v) is 3.21. The molecule has 0 spiro atoms. The number of anilines is 1. The molecule has 1 aliphatic rings. The van der Waals surface area contributed by atoms with Gasteiger partial charge in [-0.2, -0.15) is 0 Å². The summed E-state index contributed by atoms with van der Waals surface area (Å²) in [4.78, 5) is 4.43. The summed E-state index contributed by atoms with van der Waals surface area (Å²) in [7, 11) is 0. The van der Waals surface area contributed by atoms with Gasteiger partial charge in [0, 0.05) is 36.0 Å². The van der Waals surface area contributed by atoms with E-state index >= 15 is 0 Å². The van der Waals surface area contributed by atoms with E-state index in [4.69, 9.17) is 4.74 Å². The van der Waals surface area contributed by atoms with Crippen molar-refractivity contribution in [3.63, 3.8) is 0 Å². The Morgan fingerprint density at radius 2 is 2.44 bits per heavy atom. The number of nitrogens with zero attached hydrogens (tertiary/aromatic N) is 1. The average molecular weight is 266 g/mol. The van der Waals surface area contributed by atoms with Crippen molar-refractivity contribution in [1.29, 1.82) is 0 Å². The topological polar surface area (TPSA) is 34.2 Å². The van der Waals surface area contributed by atoms with Crippen LogP contribution in [-0.2, 0) is 10.5 Å². The minimum atomic E-state index is 0.386. The van der Waals surface area contributed by atoms with Crippen molar-refractivity contribution in [1.82, 2.24) is 4.98 Å². The molecular formula is C14H22N2OS. The molecule has 2 unspecified atom stereocenters. The molecule has 1 aliphatic heterocycles. The summed E-state index contributed by atoms with van der Waals surface area (Å²) >= 11 is 1.96. The molecule has 1 fully saturated rings. The van der Waals surface area contributed by atoms with Crippen LogP contribution in [0.5, 0.6) is 0 Å². The third-order valence-electron chi connectivity index (χ3n) is 3.15. The fourth-order valence-electron chi connectivity index (χ4n) is 2.06. The summed E-state index contributed by atoms with van der Waals surface area (Å²) in [6.45, 7) is 6.26. The Labute approximate surface area is 114 Å². The predicted octanol–water partition coefficient (Wildman–Crippen LogP) is 3.31. The van der Waals surface area contributed by atoms with Crippen molar-refractivity contribution < 1.29 is 4.74 Å². The lowest BCUT2D eigenvalue weighted by molar-refractivity contribution is 0.127. The zero-order chi connectivity index (χ0) is 12.8. The smallest absolute Gasteiger partial charge is 0.0666 e. The molecule has 1 aromatic heterocycles. The van der Waals surface area contributed by atoms with Gasteiger partial charge in [-0.05, 0) is 31.9 Å². The molecule has 1 saturated heterocycles. The first-order valence-electron chi connectivity index (χ1n) is 6.71. The highest BCUT2D eigenvalue weighted by molar-refractivity contribution is 7.99. The Kier molecular flexibility index (Phi) is 5.32. The van der Waals surface area contributed by atoms with Crippen LogP contribution in [-0.4, -0.2) is 29.5 Å². The first-order chi connectivity index (χ1) is 8.79. The van der Waals surface area contributed by atoms with Gasteiger partial charge in [-0.25, -0.2) is 0 Å². The molecule has 0 saturated carbocycles. The molecule has 4 heteroatoms. The monoisotopic (exact) mass is 266 g/mol. The van der Waals surface area contributed by atoms with Crippen molar-refractivity contribution in [3.05, 3.63) is 24.0 Å². The van der Waals surface area contributed by atoms with Gasteiger partial charge in [0.25, 0.3) is 0 Å². The highest BCUT2D eigenvalue weighted by Gasteiger charge is 2.24. The molecule has 0 bridgehead atoms. The van der Waals surface area contributed by atoms with E-state index in [0.29, 0.717) is 11.4 Å². The van der Waals surface area contributed by atoms with Crippen LogP contribution in [0, 0.1) is 0 Å². The maximum atomic E-state index is 5.58. The average Bonchev–Trinajstić information content (AvgIpc) is 2.80. The third-order valence-corrected chi connectivity index (χ3v) is 4.66. The lowest BCUT2D eigenvalue weighted by Gasteiger charge is -2.13. The second-order valence-electron chi connectivity index (χ2n) is 4.68. The molecule has 1 aromatic rings. The minimum Gasteiger partial charge on any atom is -0.385 e. The van der Waals surface area contributed by atoms with E-state index in [1.54, 1.807) is 0 Å². The quantitative estimate of drug-likeness (QED) is 0.856. The SMILES string of the molecule is CCCNc1ccnc(CSC2CCOC2C)c1. The van der Waals surface area contributed by atoms with Crippen LogP contribution in [0.25, 0.3) is 0 Å². The Hall–Kier alpha value is -0.740. The van der Waals surface area contributed by atoms with E-state index in [1.165, 1.54) is 12.1 Å². The van der Waals surface area contributed by atoms with Crippen molar-refractivity contribution >= 4 is 17.4 Å². The van der Waals surface area contributed by atoms with E-state index in [-0.39, 0.29) is 0 Å². The number of thioether (sulfide) groups is 1. The van der Waals surface area contributed by atoms with Crippen molar-refractivity contribution in [2.75, 3.05) is 18.5 Å². The van der Waals surface area contributed by atoms with Crippen LogP contribution in [0.2, 0.25) is 0 Å². The maximum Gasteiger partial charge on any atom is 0.0666 e. The highest BCUT2D eigenvalue weighted by Crippen LogP contribution is 2.28. The van der Waals surface area contributed by atoms with Crippen LogP contribution >= 0.6 is 11.8 Å². The van der Waals surface area contributed by atoms with E-state index in [1.807, 2.05) is 24.0 Å². The number of hydrogen-bond acceptors (Lipinski definition) is 4. The lowest BCUT2D eigenvalue weighted by atomic mass is 10.3. The lowest BCUT2D eigenvalue weighted by Crippen LogP contribution is -2.13. The number of nitrogens with one attached hydrogen (secondary N) is 1. The van der Waals surface area contributed by atoms with Crippen molar-refractivity contribution in [2.45, 2.75) is 43.8 Å². The van der Waals surface area contributed by atoms with Crippen LogP contribution in [0.3, 0.4) is 0 Å². The molecule has 100 valence electrons. The zero-order valence-corrected chi connectivity index (χ0v) is 12.0. The van der Waals surface area contributed by atoms with Gasteiger partial charge in [-0.15, -0.1) is 11.8 Å². The van der Waals surface area contributed by atoms with Crippen molar-refractivity contribution in [3.8, 4) is 0 Å². The Balaban J connectivity index is 1.84. The highest BCUT2D eigenvalue weighted by atomic mass is 32.2. The Morgan fingerprint density at radius 3 is 3.17 bits per heavy atom. The number of rotatable bonds is 6. The zero-order valence-electron chi connectivity index (χ0n) is 11.2. The summed E-state index contributed by atoms with van der Waals surface area (Å²) in [5.41, 5.74) is 2.33. The number of ether oxygens (including phenoxy) is 1. The van der Waals surface area contributed by atoms with Gasteiger partial charge in [0.1, 0.15) is 0 Å². The fraction of sp³-hybridized carbons (Fsp3) is 0.643. The molecule has 1 N–H and O–H groups in total.